The van der Waals surface area contributed by atoms with E-state index in [1.54, 1.807) is 7.11 Å². The molecule has 0 spiro atoms. The third-order valence-electron chi connectivity index (χ3n) is 2.21. The summed E-state index contributed by atoms with van der Waals surface area (Å²) in [5, 5.41) is 9.58. The average Bonchev–Trinajstić information content (AvgIpc) is 2.15. The molecular weight excluding hydrogens is 192 g/mol. The van der Waals surface area contributed by atoms with Crippen molar-refractivity contribution in [2.45, 2.75) is 45.6 Å². The monoisotopic (exact) mass is 218 g/mol. The zero-order valence-electron chi connectivity index (χ0n) is 10.4. The lowest BCUT2D eigenvalue weighted by Gasteiger charge is -2.12. The van der Waals surface area contributed by atoms with Crippen molar-refractivity contribution in [2.24, 2.45) is 5.92 Å². The van der Waals surface area contributed by atoms with Gasteiger partial charge in [-0.2, -0.15) is 0 Å². The van der Waals surface area contributed by atoms with Crippen molar-refractivity contribution in [2.75, 3.05) is 26.9 Å². The van der Waals surface area contributed by atoms with Crippen LogP contribution >= 0.6 is 0 Å². The van der Waals surface area contributed by atoms with Gasteiger partial charge in [0.2, 0.25) is 0 Å². The van der Waals surface area contributed by atoms with Gasteiger partial charge in [-0.1, -0.05) is 13.8 Å². The van der Waals surface area contributed by atoms with E-state index in [0.717, 1.165) is 45.5 Å². The molecule has 3 nitrogen and oxygen atoms in total. The number of aliphatic hydroxyl groups is 1. The van der Waals surface area contributed by atoms with Crippen LogP contribution in [0.25, 0.3) is 0 Å². The van der Waals surface area contributed by atoms with Gasteiger partial charge >= 0.3 is 0 Å². The number of ether oxygens (including phenoxy) is 2. The zero-order chi connectivity index (χ0) is 11.5. The van der Waals surface area contributed by atoms with E-state index in [-0.39, 0.29) is 6.10 Å². The summed E-state index contributed by atoms with van der Waals surface area (Å²) in [7, 11) is 1.70. The second-order valence-electron chi connectivity index (χ2n) is 4.38. The lowest BCUT2D eigenvalue weighted by Crippen LogP contribution is -2.11. The first-order valence-corrected chi connectivity index (χ1v) is 5.91. The third-order valence-corrected chi connectivity index (χ3v) is 2.21. The maximum atomic E-state index is 9.58. The van der Waals surface area contributed by atoms with E-state index in [4.69, 9.17) is 9.47 Å². The van der Waals surface area contributed by atoms with Crippen molar-refractivity contribution in [1.82, 2.24) is 0 Å². The quantitative estimate of drug-likeness (QED) is 0.571. The summed E-state index contributed by atoms with van der Waals surface area (Å²) in [6.45, 7) is 6.53. The Morgan fingerprint density at radius 3 is 2.33 bits per heavy atom. The topological polar surface area (TPSA) is 38.7 Å². The van der Waals surface area contributed by atoms with Crippen LogP contribution < -0.4 is 0 Å². The highest BCUT2D eigenvalue weighted by Crippen LogP contribution is 2.09. The van der Waals surface area contributed by atoms with Crippen molar-refractivity contribution >= 4 is 0 Å². The van der Waals surface area contributed by atoms with Gasteiger partial charge in [0.1, 0.15) is 0 Å². The highest BCUT2D eigenvalue weighted by Gasteiger charge is 2.05. The number of rotatable bonds is 10. The van der Waals surface area contributed by atoms with E-state index in [0.29, 0.717) is 5.92 Å². The van der Waals surface area contributed by atoms with Crippen LogP contribution in [0.4, 0.5) is 0 Å². The van der Waals surface area contributed by atoms with E-state index in [1.807, 2.05) is 0 Å². The molecule has 0 aliphatic heterocycles. The summed E-state index contributed by atoms with van der Waals surface area (Å²) in [6.07, 6.45) is 3.48. The van der Waals surface area contributed by atoms with E-state index in [2.05, 4.69) is 13.8 Å². The Kier molecular flexibility index (Phi) is 10.3. The molecule has 92 valence electrons. The Balaban J connectivity index is 3.09. The molecule has 3 heteroatoms. The van der Waals surface area contributed by atoms with Gasteiger partial charge in [-0.25, -0.2) is 0 Å². The smallest absolute Gasteiger partial charge is 0.0543 e. The average molecular weight is 218 g/mol. The molecule has 0 rings (SSSR count). The third kappa shape index (κ3) is 11.8. The van der Waals surface area contributed by atoms with Crippen LogP contribution in [0, 0.1) is 5.92 Å². The van der Waals surface area contributed by atoms with Crippen molar-refractivity contribution in [3.63, 3.8) is 0 Å². The molecule has 15 heavy (non-hydrogen) atoms. The van der Waals surface area contributed by atoms with Gasteiger partial charge in [0.05, 0.1) is 6.10 Å². The van der Waals surface area contributed by atoms with Crippen LogP contribution in [-0.4, -0.2) is 38.1 Å². The fourth-order valence-corrected chi connectivity index (χ4v) is 1.49. The first-order valence-electron chi connectivity index (χ1n) is 5.91. The normalized spacial score (nSPS) is 13.4. The second-order valence-corrected chi connectivity index (χ2v) is 4.38. The first-order chi connectivity index (χ1) is 7.16. The van der Waals surface area contributed by atoms with Crippen LogP contribution in [0.15, 0.2) is 0 Å². The van der Waals surface area contributed by atoms with Gasteiger partial charge in [0.25, 0.3) is 0 Å². The molecule has 0 aromatic heterocycles. The zero-order valence-corrected chi connectivity index (χ0v) is 10.4. The summed E-state index contributed by atoms with van der Waals surface area (Å²) in [6, 6.07) is 0. The number of aliphatic hydroxyl groups excluding tert-OH is 1. The second kappa shape index (κ2) is 10.4. The molecule has 0 amide bonds. The standard InChI is InChI=1S/C12H26O3/c1-11(2)10-12(13)6-4-8-15-9-5-7-14-3/h11-13H,4-10H2,1-3H3. The minimum atomic E-state index is -0.160. The van der Waals surface area contributed by atoms with Crippen LogP contribution in [0.3, 0.4) is 0 Å². The summed E-state index contributed by atoms with van der Waals surface area (Å²) in [4.78, 5) is 0. The summed E-state index contributed by atoms with van der Waals surface area (Å²) >= 11 is 0. The summed E-state index contributed by atoms with van der Waals surface area (Å²) in [5.74, 6) is 0.572. The highest BCUT2D eigenvalue weighted by molar-refractivity contribution is 4.58. The molecule has 0 aliphatic rings. The fourth-order valence-electron chi connectivity index (χ4n) is 1.49. The van der Waals surface area contributed by atoms with Gasteiger partial charge in [0.15, 0.2) is 0 Å². The van der Waals surface area contributed by atoms with Crippen LogP contribution in [0.1, 0.15) is 39.5 Å². The molecule has 1 N–H and O–H groups in total. The molecule has 1 unspecified atom stereocenters. The largest absolute Gasteiger partial charge is 0.393 e. The highest BCUT2D eigenvalue weighted by atomic mass is 16.5. The molecule has 0 heterocycles. The van der Waals surface area contributed by atoms with E-state index < -0.39 is 0 Å². The van der Waals surface area contributed by atoms with Gasteiger partial charge in [-0.15, -0.1) is 0 Å². The van der Waals surface area contributed by atoms with Crippen molar-refractivity contribution in [1.29, 1.82) is 0 Å². The molecule has 0 fully saturated rings. The number of hydrogen-bond donors (Lipinski definition) is 1. The van der Waals surface area contributed by atoms with Crippen molar-refractivity contribution in [3.05, 3.63) is 0 Å². The van der Waals surface area contributed by atoms with E-state index in [1.165, 1.54) is 0 Å². The Morgan fingerprint density at radius 1 is 1.07 bits per heavy atom. The van der Waals surface area contributed by atoms with Crippen LogP contribution in [0.2, 0.25) is 0 Å². The Labute approximate surface area is 93.8 Å². The Bertz CT molecular complexity index is 126. The molecule has 1 atom stereocenters. The van der Waals surface area contributed by atoms with E-state index >= 15 is 0 Å². The summed E-state index contributed by atoms with van der Waals surface area (Å²) in [5.41, 5.74) is 0. The minimum absolute atomic E-state index is 0.160. The van der Waals surface area contributed by atoms with Gasteiger partial charge in [-0.3, -0.25) is 0 Å². The SMILES string of the molecule is COCCCOCCCC(O)CC(C)C. The molecule has 0 bridgehead atoms. The molecule has 0 aliphatic carbocycles. The molecule has 0 aromatic carbocycles. The predicted octanol–water partition coefficient (Wildman–Crippen LogP) is 2.23. The van der Waals surface area contributed by atoms with E-state index in [9.17, 15) is 5.11 Å². The van der Waals surface area contributed by atoms with Gasteiger partial charge in [-0.05, 0) is 31.6 Å². The Morgan fingerprint density at radius 2 is 1.73 bits per heavy atom. The van der Waals surface area contributed by atoms with Crippen LogP contribution in [-0.2, 0) is 9.47 Å². The maximum absolute atomic E-state index is 9.58. The minimum Gasteiger partial charge on any atom is -0.393 e. The Hall–Kier alpha value is -0.120. The number of methoxy groups -OCH3 is 1. The van der Waals surface area contributed by atoms with Crippen LogP contribution in [0.5, 0.6) is 0 Å². The maximum Gasteiger partial charge on any atom is 0.0543 e. The van der Waals surface area contributed by atoms with Gasteiger partial charge in [0, 0.05) is 26.9 Å². The summed E-state index contributed by atoms with van der Waals surface area (Å²) < 4.78 is 10.3. The lowest BCUT2D eigenvalue weighted by molar-refractivity contribution is 0.0834. The van der Waals surface area contributed by atoms with Gasteiger partial charge < -0.3 is 14.6 Å². The van der Waals surface area contributed by atoms with Crippen molar-refractivity contribution in [3.8, 4) is 0 Å². The molecule has 0 radical (unpaired) electrons. The van der Waals surface area contributed by atoms with Crippen molar-refractivity contribution < 1.29 is 14.6 Å². The number of hydrogen-bond acceptors (Lipinski definition) is 3. The first kappa shape index (κ1) is 14.9. The molecule has 0 saturated heterocycles. The predicted molar refractivity (Wildman–Crippen MR) is 62.0 cm³/mol. The molecular formula is C12H26O3. The molecule has 0 aromatic rings. The molecule has 0 saturated carbocycles. The lowest BCUT2D eigenvalue weighted by atomic mass is 10.0. The fraction of sp³-hybridized carbons (Fsp3) is 1.00.